The predicted octanol–water partition coefficient (Wildman–Crippen LogP) is 0.427. The molecule has 2 rings (SSSR count). The first kappa shape index (κ1) is 9.89. The molecule has 0 aromatic carbocycles. The van der Waals surface area contributed by atoms with Gasteiger partial charge in [0.05, 0.1) is 11.1 Å². The van der Waals surface area contributed by atoms with E-state index in [-0.39, 0.29) is 0 Å². The molecule has 2 saturated heterocycles. The van der Waals surface area contributed by atoms with Gasteiger partial charge in [0.1, 0.15) is 6.10 Å². The molecule has 0 aromatic rings. The summed E-state index contributed by atoms with van der Waals surface area (Å²) in [6.07, 6.45) is -0.500. The Morgan fingerprint density at radius 3 is 2.07 bits per heavy atom. The maximum absolute atomic E-state index is 11.9. The molecule has 2 unspecified atom stereocenters. The average molecular weight is 200 g/mol. The minimum absolute atomic E-state index is 0.500. The van der Waals surface area contributed by atoms with Gasteiger partial charge in [0.15, 0.2) is 0 Å². The lowest BCUT2D eigenvalue weighted by Crippen LogP contribution is -2.55. The second-order valence-corrected chi connectivity index (χ2v) is 5.05. The van der Waals surface area contributed by atoms with E-state index in [2.05, 4.69) is 0 Å². The third-order valence-corrected chi connectivity index (χ3v) is 3.52. The van der Waals surface area contributed by atoms with Crippen molar-refractivity contribution in [1.29, 1.82) is 0 Å². The molecule has 0 bridgehead atoms. The Kier molecular flexibility index (Phi) is 1.50. The van der Waals surface area contributed by atoms with Crippen molar-refractivity contribution >= 4 is 5.97 Å². The third kappa shape index (κ3) is 0.711. The summed E-state index contributed by atoms with van der Waals surface area (Å²) in [5.41, 5.74) is -3.08. The van der Waals surface area contributed by atoms with Crippen LogP contribution in [0, 0.1) is 0 Å². The molecule has 0 spiro atoms. The molecule has 1 N–H and O–H groups in total. The van der Waals surface area contributed by atoms with Gasteiger partial charge in [-0.25, -0.2) is 4.79 Å². The van der Waals surface area contributed by atoms with Crippen LogP contribution in [0.25, 0.3) is 0 Å². The normalized spacial score (nSPS) is 43.4. The Balaban J connectivity index is 2.49. The van der Waals surface area contributed by atoms with Crippen molar-refractivity contribution in [3.05, 3.63) is 0 Å². The molecule has 0 saturated carbocycles. The van der Waals surface area contributed by atoms with E-state index >= 15 is 0 Å². The summed E-state index contributed by atoms with van der Waals surface area (Å²) in [7, 11) is 0. The van der Waals surface area contributed by atoms with Crippen LogP contribution in [-0.2, 0) is 14.7 Å². The first-order valence-corrected chi connectivity index (χ1v) is 4.57. The van der Waals surface area contributed by atoms with Crippen LogP contribution in [-0.4, -0.2) is 38.9 Å². The number of carboxylic acids is 1. The Morgan fingerprint density at radius 1 is 1.36 bits per heavy atom. The number of hydroxylamine groups is 2. The van der Waals surface area contributed by atoms with Crippen LogP contribution in [0.1, 0.15) is 27.7 Å². The lowest BCUT2D eigenvalue weighted by Gasteiger charge is -2.36. The molecule has 2 aliphatic heterocycles. The van der Waals surface area contributed by atoms with Gasteiger partial charge in [-0.05, 0) is 27.7 Å². The summed E-state index contributed by atoms with van der Waals surface area (Å²) in [5.74, 6) is -1.04. The van der Waals surface area contributed by atoms with E-state index in [0.29, 0.717) is 0 Å². The van der Waals surface area contributed by atoms with E-state index in [4.69, 9.17) is 9.84 Å². The molecule has 2 atom stereocenters. The molecular formula is C9H14NO4. The fourth-order valence-electron chi connectivity index (χ4n) is 2.66. The largest absolute Gasteiger partial charge is 0.479 e. The van der Waals surface area contributed by atoms with Gasteiger partial charge in [-0.2, -0.15) is 0 Å². The molecule has 0 amide bonds. The Morgan fingerprint density at radius 2 is 1.86 bits per heavy atom. The van der Waals surface area contributed by atoms with Gasteiger partial charge in [-0.1, -0.05) is 0 Å². The fourth-order valence-corrected chi connectivity index (χ4v) is 2.66. The van der Waals surface area contributed by atoms with Gasteiger partial charge in [0.2, 0.25) is 5.60 Å². The number of morpholine rings is 1. The second kappa shape index (κ2) is 2.13. The van der Waals surface area contributed by atoms with Crippen molar-refractivity contribution in [1.82, 2.24) is 5.06 Å². The summed E-state index contributed by atoms with van der Waals surface area (Å²) < 4.78 is 5.26. The molecule has 79 valence electrons. The van der Waals surface area contributed by atoms with Crippen LogP contribution in [0.15, 0.2) is 0 Å². The standard InChI is InChI=1S/C9H14NO4/c1-7(2)5-9(14-5,6(11)12)8(3,4)10(7)13/h5H,1-4H3,(H,11,12). The van der Waals surface area contributed by atoms with Crippen LogP contribution < -0.4 is 0 Å². The Labute approximate surface area is 82.2 Å². The predicted molar refractivity (Wildman–Crippen MR) is 45.9 cm³/mol. The summed E-state index contributed by atoms with van der Waals surface area (Å²) in [6.45, 7) is 6.65. The van der Waals surface area contributed by atoms with Gasteiger partial charge in [-0.15, -0.1) is 10.3 Å². The smallest absolute Gasteiger partial charge is 0.340 e. The third-order valence-electron chi connectivity index (χ3n) is 3.52. The molecule has 14 heavy (non-hydrogen) atoms. The SMILES string of the molecule is CC1(C)C2OC2(C(=O)O)C(C)(C)N1[O]. The van der Waals surface area contributed by atoms with Crippen molar-refractivity contribution in [2.75, 3.05) is 0 Å². The number of hydrogen-bond acceptors (Lipinski definition) is 3. The number of ether oxygens (including phenoxy) is 1. The highest BCUT2D eigenvalue weighted by molar-refractivity contribution is 5.85. The topological polar surface area (TPSA) is 73.0 Å². The second-order valence-electron chi connectivity index (χ2n) is 5.05. The van der Waals surface area contributed by atoms with Crippen molar-refractivity contribution in [3.8, 4) is 0 Å². The lowest BCUT2D eigenvalue weighted by molar-refractivity contribution is -0.276. The first-order chi connectivity index (χ1) is 6.19. The number of carbonyl (C=O) groups is 1. The molecule has 2 heterocycles. The monoisotopic (exact) mass is 200 g/mol. The number of fused-ring (bicyclic) bond motifs is 1. The highest BCUT2D eigenvalue weighted by atomic mass is 16.7. The summed E-state index contributed by atoms with van der Waals surface area (Å²) >= 11 is 0. The van der Waals surface area contributed by atoms with Gasteiger partial charge in [0.25, 0.3) is 0 Å². The van der Waals surface area contributed by atoms with Crippen LogP contribution in [0.2, 0.25) is 0 Å². The summed E-state index contributed by atoms with van der Waals surface area (Å²) in [4.78, 5) is 11.1. The highest BCUT2D eigenvalue weighted by Crippen LogP contribution is 2.61. The number of epoxide rings is 1. The lowest BCUT2D eigenvalue weighted by atomic mass is 9.87. The van der Waals surface area contributed by atoms with Gasteiger partial charge >= 0.3 is 5.97 Å². The van der Waals surface area contributed by atoms with Crippen LogP contribution in [0.3, 0.4) is 0 Å². The van der Waals surface area contributed by atoms with E-state index in [1.54, 1.807) is 27.7 Å². The van der Waals surface area contributed by atoms with E-state index in [1.165, 1.54) is 0 Å². The maximum Gasteiger partial charge on any atom is 0.340 e. The summed E-state index contributed by atoms with van der Waals surface area (Å²) in [5, 5.41) is 21.8. The fraction of sp³-hybridized carbons (Fsp3) is 0.889. The van der Waals surface area contributed by atoms with E-state index in [9.17, 15) is 10.0 Å². The summed E-state index contributed by atoms with van der Waals surface area (Å²) in [6, 6.07) is 0. The minimum atomic E-state index is -1.31. The van der Waals surface area contributed by atoms with Crippen LogP contribution in [0.4, 0.5) is 0 Å². The number of rotatable bonds is 1. The van der Waals surface area contributed by atoms with E-state index in [1.807, 2.05) is 0 Å². The quantitative estimate of drug-likeness (QED) is 0.623. The number of carboxylic acid groups (broad SMARTS) is 1. The molecular weight excluding hydrogens is 186 g/mol. The maximum atomic E-state index is 11.9. The van der Waals surface area contributed by atoms with Crippen molar-refractivity contribution < 1.29 is 19.8 Å². The van der Waals surface area contributed by atoms with Crippen LogP contribution in [0.5, 0.6) is 0 Å². The first-order valence-electron chi connectivity index (χ1n) is 4.57. The molecule has 2 fully saturated rings. The van der Waals surface area contributed by atoms with Gasteiger partial charge in [-0.3, -0.25) is 0 Å². The van der Waals surface area contributed by atoms with Gasteiger partial charge < -0.3 is 9.84 Å². The molecule has 5 nitrogen and oxygen atoms in total. The average Bonchev–Trinajstić information content (AvgIpc) is 2.75. The van der Waals surface area contributed by atoms with E-state index < -0.39 is 28.8 Å². The zero-order valence-electron chi connectivity index (χ0n) is 8.70. The van der Waals surface area contributed by atoms with Crippen molar-refractivity contribution in [2.24, 2.45) is 0 Å². The van der Waals surface area contributed by atoms with Crippen LogP contribution >= 0.6 is 0 Å². The highest BCUT2D eigenvalue weighted by Gasteiger charge is 2.84. The van der Waals surface area contributed by atoms with Gasteiger partial charge in [0, 0.05) is 0 Å². The van der Waals surface area contributed by atoms with E-state index in [0.717, 1.165) is 5.06 Å². The minimum Gasteiger partial charge on any atom is -0.479 e. The number of nitrogens with zero attached hydrogens (tertiary/aromatic N) is 1. The molecule has 0 aromatic heterocycles. The zero-order chi connectivity index (χ0) is 10.9. The number of aliphatic carboxylic acids is 1. The Bertz CT molecular complexity index is 312. The molecule has 2 aliphatic rings. The molecule has 0 aliphatic carbocycles. The number of hydrogen-bond donors (Lipinski definition) is 1. The van der Waals surface area contributed by atoms with Crippen molar-refractivity contribution in [2.45, 2.75) is 50.5 Å². The van der Waals surface area contributed by atoms with Crippen molar-refractivity contribution in [3.63, 3.8) is 0 Å². The zero-order valence-corrected chi connectivity index (χ0v) is 8.70. The molecule has 1 radical (unpaired) electrons. The molecule has 5 heteroatoms. The Hall–Kier alpha value is -0.650.